The molecule has 0 aliphatic heterocycles. The molecular formula is C20H23N5O2S. The zero-order valence-electron chi connectivity index (χ0n) is 15.6. The van der Waals surface area contributed by atoms with E-state index in [1.807, 2.05) is 18.2 Å². The second-order valence-corrected chi connectivity index (χ2v) is 8.20. The van der Waals surface area contributed by atoms with Crippen molar-refractivity contribution in [2.45, 2.75) is 57.4 Å². The first-order valence-corrected chi connectivity index (χ1v) is 10.6. The van der Waals surface area contributed by atoms with Crippen molar-refractivity contribution in [3.63, 3.8) is 0 Å². The molecule has 1 N–H and O–H groups in total. The molecule has 0 spiro atoms. The van der Waals surface area contributed by atoms with Crippen LogP contribution in [0.5, 0.6) is 0 Å². The van der Waals surface area contributed by atoms with E-state index in [1.165, 1.54) is 30.6 Å². The molecule has 3 aromatic rings. The van der Waals surface area contributed by atoms with Crippen molar-refractivity contribution < 1.29 is 4.79 Å². The van der Waals surface area contributed by atoms with Gasteiger partial charge in [-0.15, -0.1) is 10.2 Å². The highest BCUT2D eigenvalue weighted by Gasteiger charge is 2.23. The molecule has 1 aliphatic carbocycles. The van der Waals surface area contributed by atoms with Gasteiger partial charge in [0.25, 0.3) is 5.56 Å². The highest BCUT2D eigenvalue weighted by Crippen LogP contribution is 2.38. The molecular weight excluding hydrogens is 374 g/mol. The lowest BCUT2D eigenvalue weighted by molar-refractivity contribution is -0.116. The Hall–Kier alpha value is -2.61. The molecule has 2 heterocycles. The van der Waals surface area contributed by atoms with Crippen LogP contribution < -0.4 is 10.9 Å². The summed E-state index contributed by atoms with van der Waals surface area (Å²) in [7, 11) is 0. The summed E-state index contributed by atoms with van der Waals surface area (Å²) >= 11 is 1.49. The van der Waals surface area contributed by atoms with E-state index in [4.69, 9.17) is 0 Å². The van der Waals surface area contributed by atoms with Gasteiger partial charge in [-0.3, -0.25) is 14.2 Å². The molecule has 1 amide bonds. The van der Waals surface area contributed by atoms with E-state index in [9.17, 15) is 9.59 Å². The van der Waals surface area contributed by atoms with Crippen LogP contribution in [0.2, 0.25) is 0 Å². The molecule has 1 fully saturated rings. The molecule has 1 aliphatic rings. The van der Waals surface area contributed by atoms with Gasteiger partial charge in [0.1, 0.15) is 5.01 Å². The third-order valence-electron chi connectivity index (χ3n) is 5.18. The van der Waals surface area contributed by atoms with Crippen LogP contribution in [0.3, 0.4) is 0 Å². The summed E-state index contributed by atoms with van der Waals surface area (Å²) in [5.74, 6) is 0.511. The van der Waals surface area contributed by atoms with Crippen LogP contribution in [-0.4, -0.2) is 25.7 Å². The molecule has 146 valence electrons. The van der Waals surface area contributed by atoms with Crippen LogP contribution >= 0.6 is 11.3 Å². The van der Waals surface area contributed by atoms with Gasteiger partial charge in [-0.05, 0) is 37.8 Å². The van der Waals surface area contributed by atoms with E-state index in [1.54, 1.807) is 17.0 Å². The van der Waals surface area contributed by atoms with Gasteiger partial charge in [0.15, 0.2) is 0 Å². The van der Waals surface area contributed by atoms with Gasteiger partial charge in [-0.1, -0.05) is 36.3 Å². The average Bonchev–Trinajstić information content (AvgIpc) is 3.09. The predicted octanol–water partition coefficient (Wildman–Crippen LogP) is 3.71. The molecule has 0 radical (unpaired) electrons. The molecule has 4 rings (SSSR count). The molecule has 0 saturated heterocycles. The molecule has 28 heavy (non-hydrogen) atoms. The number of nitrogens with zero attached hydrogens (tertiary/aromatic N) is 4. The van der Waals surface area contributed by atoms with E-state index in [-0.39, 0.29) is 11.5 Å². The van der Waals surface area contributed by atoms with Gasteiger partial charge in [-0.25, -0.2) is 4.98 Å². The fourth-order valence-corrected chi connectivity index (χ4v) is 4.23. The van der Waals surface area contributed by atoms with E-state index < -0.39 is 0 Å². The normalized spacial score (nSPS) is 14.1. The molecule has 7 nitrogen and oxygen atoms in total. The number of fused-ring (bicyclic) bond motifs is 1. The first kappa shape index (κ1) is 18.7. The van der Waals surface area contributed by atoms with E-state index >= 15 is 0 Å². The van der Waals surface area contributed by atoms with Crippen molar-refractivity contribution in [1.82, 2.24) is 19.7 Å². The maximum Gasteiger partial charge on any atom is 0.261 e. The summed E-state index contributed by atoms with van der Waals surface area (Å²) in [6.07, 6.45) is 8.14. The lowest BCUT2D eigenvalue weighted by Gasteiger charge is -2.21. The largest absolute Gasteiger partial charge is 0.301 e. The minimum absolute atomic E-state index is 0.0121. The third kappa shape index (κ3) is 4.27. The Labute approximate surface area is 166 Å². The molecule has 0 unspecified atom stereocenters. The van der Waals surface area contributed by atoms with Crippen LogP contribution in [0, 0.1) is 0 Å². The number of aromatic nitrogens is 4. The second-order valence-electron chi connectivity index (χ2n) is 7.19. The zero-order valence-corrected chi connectivity index (χ0v) is 16.5. The number of unbranched alkanes of at least 4 members (excludes halogenated alkanes) is 2. The summed E-state index contributed by atoms with van der Waals surface area (Å²) in [6, 6.07) is 7.36. The third-order valence-corrected chi connectivity index (χ3v) is 6.18. The summed E-state index contributed by atoms with van der Waals surface area (Å²) in [5, 5.41) is 13.4. The first-order valence-electron chi connectivity index (χ1n) is 9.78. The number of carbonyl (C=O) groups is 1. The lowest BCUT2D eigenvalue weighted by atomic mass is 9.86. The standard InChI is InChI=1S/C20H23N5O2S/c26-17(22-20-24-23-18(28-20)14-7-6-8-14)11-2-1-5-12-25-13-21-16-10-4-3-9-15(16)19(25)27/h3-4,9-10,13-14H,1-2,5-8,11-12H2,(H,22,24,26). The number of nitrogens with one attached hydrogen (secondary N) is 1. The highest BCUT2D eigenvalue weighted by atomic mass is 32.1. The summed E-state index contributed by atoms with van der Waals surface area (Å²) in [6.45, 7) is 0.611. The topological polar surface area (TPSA) is 89.8 Å². The van der Waals surface area contributed by atoms with Crippen molar-refractivity contribution in [1.29, 1.82) is 0 Å². The number of carbonyl (C=O) groups excluding carboxylic acids is 1. The minimum Gasteiger partial charge on any atom is -0.301 e. The number of benzene rings is 1. The van der Waals surface area contributed by atoms with Crippen LogP contribution in [0.15, 0.2) is 35.4 Å². The predicted molar refractivity (Wildman–Crippen MR) is 110 cm³/mol. The number of rotatable bonds is 8. The second kappa shape index (κ2) is 8.60. The Balaban J connectivity index is 1.19. The van der Waals surface area contributed by atoms with Gasteiger partial charge in [0, 0.05) is 18.9 Å². The van der Waals surface area contributed by atoms with Crippen LogP contribution in [0.25, 0.3) is 10.9 Å². The number of para-hydroxylation sites is 1. The zero-order chi connectivity index (χ0) is 19.3. The summed E-state index contributed by atoms with van der Waals surface area (Å²) in [5.41, 5.74) is 0.708. The van der Waals surface area contributed by atoms with Crippen LogP contribution in [0.4, 0.5) is 5.13 Å². The van der Waals surface area contributed by atoms with Crippen LogP contribution in [-0.2, 0) is 11.3 Å². The Morgan fingerprint density at radius 3 is 2.86 bits per heavy atom. The Morgan fingerprint density at radius 2 is 2.04 bits per heavy atom. The van der Waals surface area contributed by atoms with E-state index in [2.05, 4.69) is 20.5 Å². The minimum atomic E-state index is -0.0270. The number of anilines is 1. The van der Waals surface area contributed by atoms with Crippen molar-refractivity contribution in [3.05, 3.63) is 46.0 Å². The number of amides is 1. The molecule has 0 atom stereocenters. The quantitative estimate of drug-likeness (QED) is 0.585. The van der Waals surface area contributed by atoms with Crippen molar-refractivity contribution in [2.75, 3.05) is 5.32 Å². The maximum absolute atomic E-state index is 12.4. The van der Waals surface area contributed by atoms with E-state index in [0.29, 0.717) is 29.4 Å². The Bertz CT molecular complexity index is 1020. The highest BCUT2D eigenvalue weighted by molar-refractivity contribution is 7.15. The van der Waals surface area contributed by atoms with Gasteiger partial charge in [0.2, 0.25) is 11.0 Å². The lowest BCUT2D eigenvalue weighted by Crippen LogP contribution is -2.20. The number of hydrogen-bond acceptors (Lipinski definition) is 6. The summed E-state index contributed by atoms with van der Waals surface area (Å²) in [4.78, 5) is 28.8. The SMILES string of the molecule is O=C(CCCCCn1cnc2ccccc2c1=O)Nc1nnc(C2CCC2)s1. The van der Waals surface area contributed by atoms with Crippen molar-refractivity contribution in [2.24, 2.45) is 0 Å². The maximum atomic E-state index is 12.4. The molecule has 1 saturated carbocycles. The first-order chi connectivity index (χ1) is 13.7. The van der Waals surface area contributed by atoms with Gasteiger partial charge < -0.3 is 5.32 Å². The fourth-order valence-electron chi connectivity index (χ4n) is 3.30. The van der Waals surface area contributed by atoms with Crippen molar-refractivity contribution >= 4 is 33.3 Å². The number of hydrogen-bond donors (Lipinski definition) is 1. The Morgan fingerprint density at radius 1 is 1.18 bits per heavy atom. The van der Waals surface area contributed by atoms with Crippen molar-refractivity contribution in [3.8, 4) is 0 Å². The molecule has 2 aromatic heterocycles. The van der Waals surface area contributed by atoms with Gasteiger partial charge in [0.05, 0.1) is 17.2 Å². The monoisotopic (exact) mass is 397 g/mol. The van der Waals surface area contributed by atoms with E-state index in [0.717, 1.165) is 29.8 Å². The molecule has 1 aromatic carbocycles. The van der Waals surface area contributed by atoms with Crippen LogP contribution in [0.1, 0.15) is 55.9 Å². The number of aryl methyl sites for hydroxylation is 1. The summed E-state index contributed by atoms with van der Waals surface area (Å²) < 4.78 is 1.64. The smallest absolute Gasteiger partial charge is 0.261 e. The average molecular weight is 398 g/mol. The molecule has 8 heteroatoms. The van der Waals surface area contributed by atoms with Gasteiger partial charge in [-0.2, -0.15) is 0 Å². The fraction of sp³-hybridized carbons (Fsp3) is 0.450. The van der Waals surface area contributed by atoms with Gasteiger partial charge >= 0.3 is 0 Å². The Kier molecular flexibility index (Phi) is 5.76. The molecule has 0 bridgehead atoms.